The summed E-state index contributed by atoms with van der Waals surface area (Å²) < 4.78 is 0. The number of unbranched alkanes of at least 4 members (excludes halogenated alkanes) is 1. The van der Waals surface area contributed by atoms with Crippen molar-refractivity contribution in [2.45, 2.75) is 141 Å². The van der Waals surface area contributed by atoms with E-state index in [1.54, 1.807) is 38.2 Å². The Kier molecular flexibility index (Phi) is 31.9. The zero-order valence-electron chi connectivity index (χ0n) is 51.0. The van der Waals surface area contributed by atoms with Crippen LogP contribution in [-0.2, 0) is 75.2 Å². The van der Waals surface area contributed by atoms with E-state index in [9.17, 15) is 62.3 Å². The van der Waals surface area contributed by atoms with Gasteiger partial charge in [0.1, 0.15) is 42.3 Å². The molecule has 2 aromatic heterocycles. The van der Waals surface area contributed by atoms with Crippen molar-refractivity contribution in [1.82, 2.24) is 73.4 Å². The van der Waals surface area contributed by atoms with Gasteiger partial charge in [0.2, 0.25) is 76.8 Å². The topological polar surface area (TPSA) is 451 Å². The summed E-state index contributed by atoms with van der Waals surface area (Å²) in [5.74, 6) is -8.40. The van der Waals surface area contributed by atoms with Gasteiger partial charge in [-0.3, -0.25) is 62.3 Å². The van der Waals surface area contributed by atoms with E-state index in [-0.39, 0.29) is 118 Å². The molecule has 0 aliphatic carbocycles. The zero-order valence-corrected chi connectivity index (χ0v) is 53.4. The molecule has 4 rings (SSSR count). The molecule has 7 atom stereocenters. The largest absolute Gasteiger partial charge is 0.370 e. The monoisotopic (exact) mass is 1300 g/mol. The molecular weight excluding hydrogens is 1210 g/mol. The summed E-state index contributed by atoms with van der Waals surface area (Å²) >= 11 is 1.46. The van der Waals surface area contributed by atoms with Crippen LogP contribution in [0.15, 0.2) is 43.0 Å². The predicted molar refractivity (Wildman–Crippen MR) is 337 cm³/mol. The van der Waals surface area contributed by atoms with E-state index in [0.29, 0.717) is 23.4 Å². The number of rotatable bonds is 36. The quantitative estimate of drug-likeness (QED) is 0.0229. The summed E-state index contributed by atoms with van der Waals surface area (Å²) in [6, 6.07) is -1.52. The first-order chi connectivity index (χ1) is 42.3. The Balaban J connectivity index is 1.39. The number of aromatic amines is 2. The molecule has 0 saturated carbocycles. The fourth-order valence-electron chi connectivity index (χ4n) is 9.13. The molecule has 490 valence electrons. The van der Waals surface area contributed by atoms with Crippen LogP contribution in [0.1, 0.15) is 97.2 Å². The summed E-state index contributed by atoms with van der Waals surface area (Å²) in [5.41, 5.74) is 12.8. The van der Waals surface area contributed by atoms with Crippen molar-refractivity contribution < 1.29 is 62.3 Å². The molecule has 89 heavy (non-hydrogen) atoms. The molecule has 0 bridgehead atoms. The Hall–Kier alpha value is -7.87. The SMILES string of the molecule is CSCC[C@H](NC(=O)[C@H](CC(C)C)NC(=O)[C@H](Cc1cnc[nH]1)NC(=O)CNC(=O)[C@@H](NC(=O)C(C)NC(=O)[C@H](Cc1c[nH]c2ccccc12)NC(=O)[C@H](CCC(N)=O)NC(=O)CCCCNC(=O)CC1CNC(=O)CSSCC(=O)NC1)C(C)C)C(N)=O. The number of H-pyrrole nitrogens is 2. The normalized spacial score (nSPS) is 15.4. The fraction of sp³-hybridized carbons (Fsp3) is 0.579. The Labute approximate surface area is 528 Å². The number of nitrogens with two attached hydrogens (primary N) is 2. The van der Waals surface area contributed by atoms with Crippen molar-refractivity contribution in [3.8, 4) is 0 Å². The first-order valence-corrected chi connectivity index (χ1v) is 33.2. The second-order valence-corrected chi connectivity index (χ2v) is 25.7. The maximum Gasteiger partial charge on any atom is 0.243 e. The summed E-state index contributed by atoms with van der Waals surface area (Å²) in [7, 11) is 2.53. The van der Waals surface area contributed by atoms with Crippen molar-refractivity contribution >= 4 is 121 Å². The summed E-state index contributed by atoms with van der Waals surface area (Å²) in [6.07, 6.45) is 6.58. The molecule has 1 saturated heterocycles. The van der Waals surface area contributed by atoms with Gasteiger partial charge in [-0.2, -0.15) is 11.8 Å². The number of benzene rings is 1. The van der Waals surface area contributed by atoms with Crippen molar-refractivity contribution in [2.24, 2.45) is 29.2 Å². The van der Waals surface area contributed by atoms with Crippen LogP contribution in [0.5, 0.6) is 0 Å². The summed E-state index contributed by atoms with van der Waals surface area (Å²) in [5, 5.41) is 30.0. The van der Waals surface area contributed by atoms with Gasteiger partial charge in [0.05, 0.1) is 24.4 Å². The Morgan fingerprint density at radius 3 is 1.90 bits per heavy atom. The van der Waals surface area contributed by atoms with Gasteiger partial charge in [0.15, 0.2) is 0 Å². The maximum absolute atomic E-state index is 14.3. The molecule has 1 aromatic carbocycles. The molecule has 1 fully saturated rings. The van der Waals surface area contributed by atoms with Crippen LogP contribution in [0.4, 0.5) is 0 Å². The van der Waals surface area contributed by atoms with Gasteiger partial charge < -0.3 is 79.9 Å². The molecule has 17 N–H and O–H groups in total. The average molecular weight is 1300 g/mol. The number of amides is 13. The van der Waals surface area contributed by atoms with Crippen molar-refractivity contribution in [3.63, 3.8) is 0 Å². The van der Waals surface area contributed by atoms with Crippen LogP contribution >= 0.6 is 33.3 Å². The highest BCUT2D eigenvalue weighted by Crippen LogP contribution is 2.22. The standard InChI is InChI=1S/C57H86N16O13S3/c1-31(2)19-41(55(84)70-39(51(59)80)16-18-87-6)71-56(85)43(22-36-26-60-30-66-36)69-47(77)27-65-57(86)50(32(3)4)73-52(81)33(5)67-54(83)42(21-35-25-62-38-12-8-7-11-37(35)38)72-53(82)40(14-15-44(58)74)68-45(75)13-9-10-17-61-46(76)20-34-23-63-48(78)28-88-89-29-49(79)64-24-34/h7-8,11-12,25-26,30-34,39-43,50,62H,9-10,13-24,27-29H2,1-6H3,(H2,58,74)(H2,59,80)(H,60,66)(H,61,76)(H,63,78)(H,64,79)(H,65,86)(H,67,83)(H,68,75)(H,69,77)(H,70,84)(H,71,85)(H,72,82)(H,73,81)/t33?,39-,40-,41-,42-,43-,50-/m0/s1. The van der Waals surface area contributed by atoms with Crippen LogP contribution in [0, 0.1) is 17.8 Å². The molecule has 0 radical (unpaired) electrons. The van der Waals surface area contributed by atoms with Crippen molar-refractivity contribution in [2.75, 3.05) is 49.7 Å². The highest BCUT2D eigenvalue weighted by Gasteiger charge is 2.34. The number of carbonyl (C=O) groups is 13. The van der Waals surface area contributed by atoms with Crippen LogP contribution in [0.25, 0.3) is 10.9 Å². The molecule has 3 aromatic rings. The average Bonchev–Trinajstić information content (AvgIpc) is 3.21. The summed E-state index contributed by atoms with van der Waals surface area (Å²) in [6.45, 7) is 8.22. The first kappa shape index (κ1) is 73.6. The van der Waals surface area contributed by atoms with Crippen molar-refractivity contribution in [3.05, 3.63) is 54.2 Å². The van der Waals surface area contributed by atoms with Crippen molar-refractivity contribution in [1.29, 1.82) is 0 Å². The molecule has 29 nitrogen and oxygen atoms in total. The van der Waals surface area contributed by atoms with E-state index in [0.717, 1.165) is 10.9 Å². The third kappa shape index (κ3) is 27.2. The van der Waals surface area contributed by atoms with E-state index in [1.165, 1.54) is 52.8 Å². The number of primary amides is 2. The lowest BCUT2D eigenvalue weighted by Gasteiger charge is -2.26. The molecule has 0 spiro atoms. The highest BCUT2D eigenvalue weighted by molar-refractivity contribution is 8.77. The number of nitrogens with zero attached hydrogens (tertiary/aromatic N) is 1. The lowest BCUT2D eigenvalue weighted by molar-refractivity contribution is -0.135. The van der Waals surface area contributed by atoms with E-state index < -0.39 is 114 Å². The third-order valence-electron chi connectivity index (χ3n) is 14.0. The Morgan fingerprint density at radius 1 is 0.652 bits per heavy atom. The molecule has 3 heterocycles. The Bertz CT molecular complexity index is 2890. The van der Waals surface area contributed by atoms with Gasteiger partial charge in [-0.25, -0.2) is 4.98 Å². The van der Waals surface area contributed by atoms with Gasteiger partial charge in [0.25, 0.3) is 0 Å². The number of para-hydroxylation sites is 1. The minimum atomic E-state index is -1.39. The molecular formula is C57H86N16O13S3. The Morgan fingerprint density at radius 2 is 1.27 bits per heavy atom. The fourth-order valence-corrected chi connectivity index (χ4v) is 11.3. The number of carbonyl (C=O) groups excluding carboxylic acids is 13. The predicted octanol–water partition coefficient (Wildman–Crippen LogP) is -1.67. The second-order valence-electron chi connectivity index (χ2n) is 22.3. The summed E-state index contributed by atoms with van der Waals surface area (Å²) in [4.78, 5) is 181. The van der Waals surface area contributed by atoms with E-state index in [1.807, 2.05) is 26.2 Å². The van der Waals surface area contributed by atoms with Gasteiger partial charge in [-0.15, -0.1) is 0 Å². The zero-order chi connectivity index (χ0) is 65.6. The number of fused-ring (bicyclic) bond motifs is 1. The second kappa shape index (κ2) is 38.5. The highest BCUT2D eigenvalue weighted by atomic mass is 33.1. The van der Waals surface area contributed by atoms with E-state index >= 15 is 0 Å². The lowest BCUT2D eigenvalue weighted by Crippen LogP contribution is -2.59. The van der Waals surface area contributed by atoms with Gasteiger partial charge >= 0.3 is 0 Å². The number of aromatic nitrogens is 3. The van der Waals surface area contributed by atoms with Crippen LogP contribution in [-0.4, -0.2) is 184 Å². The number of hydrogen-bond donors (Lipinski definition) is 15. The minimum absolute atomic E-state index is 0.0291. The first-order valence-electron chi connectivity index (χ1n) is 29.3. The minimum Gasteiger partial charge on any atom is -0.370 e. The van der Waals surface area contributed by atoms with Gasteiger partial charge in [-0.05, 0) is 74.5 Å². The number of thioether (sulfide) groups is 1. The van der Waals surface area contributed by atoms with E-state index in [4.69, 9.17) is 11.5 Å². The molecule has 1 aliphatic heterocycles. The van der Waals surface area contributed by atoms with Gasteiger partial charge in [0, 0.05) is 86.6 Å². The van der Waals surface area contributed by atoms with Crippen LogP contribution < -0.4 is 70.0 Å². The van der Waals surface area contributed by atoms with Crippen LogP contribution in [0.3, 0.4) is 0 Å². The van der Waals surface area contributed by atoms with Gasteiger partial charge in [-0.1, -0.05) is 67.5 Å². The maximum atomic E-state index is 14.3. The number of imidazole rings is 1. The molecule has 1 aliphatic rings. The third-order valence-corrected chi connectivity index (χ3v) is 16.8. The lowest BCUT2D eigenvalue weighted by atomic mass is 10.0. The van der Waals surface area contributed by atoms with Crippen LogP contribution in [0.2, 0.25) is 0 Å². The smallest absolute Gasteiger partial charge is 0.243 e. The number of nitrogens with one attached hydrogen (secondary N) is 13. The number of hydrogen-bond acceptors (Lipinski definition) is 17. The molecule has 13 amide bonds. The van der Waals surface area contributed by atoms with E-state index in [2.05, 4.69) is 73.4 Å². The molecule has 1 unspecified atom stereocenters. The molecule has 32 heteroatoms.